The number of hydrogen-bond acceptors (Lipinski definition) is 7. The summed E-state index contributed by atoms with van der Waals surface area (Å²) in [5, 5.41) is 15.5. The minimum Gasteiger partial charge on any atom is -0.494 e. The standard InChI is InChI=1S/C23H20ClN5O5S/c1-11-2-8-14(9-3-11)25-16(30)10-15-19(31)29-23(35-15)26-18(12-4-6-13(24)7-5-12)17-20(32)27-22(34)28-21(17)33/h2-9,15,18H,10H2,1H3,(H,25,30)(H,26,29,31)(H3,27,28,32,33,34). The molecule has 2 atom stereocenters. The van der Waals surface area contributed by atoms with Crippen LogP contribution in [0.4, 0.5) is 5.69 Å². The van der Waals surface area contributed by atoms with Crippen LogP contribution in [0.25, 0.3) is 0 Å². The number of amidine groups is 1. The number of aromatic nitrogens is 2. The maximum atomic E-state index is 12.5. The predicted molar refractivity (Wildman–Crippen MR) is 134 cm³/mol. The Morgan fingerprint density at radius 2 is 1.80 bits per heavy atom. The van der Waals surface area contributed by atoms with Gasteiger partial charge in [-0.1, -0.05) is 53.2 Å². The van der Waals surface area contributed by atoms with E-state index in [0.29, 0.717) is 16.3 Å². The molecule has 0 bridgehead atoms. The first kappa shape index (κ1) is 24.3. The molecule has 2 aromatic carbocycles. The largest absolute Gasteiger partial charge is 0.494 e. The van der Waals surface area contributed by atoms with E-state index in [4.69, 9.17) is 11.6 Å². The Kier molecular flexibility index (Phi) is 7.08. The Morgan fingerprint density at radius 1 is 1.11 bits per heavy atom. The average Bonchev–Trinajstić information content (AvgIpc) is 3.13. The number of amides is 2. The molecule has 1 aliphatic heterocycles. The van der Waals surface area contributed by atoms with Gasteiger partial charge in [-0.05, 0) is 36.8 Å². The maximum Gasteiger partial charge on any atom is 0.328 e. The Morgan fingerprint density at radius 3 is 2.46 bits per heavy atom. The van der Waals surface area contributed by atoms with E-state index >= 15 is 0 Å². The average molecular weight is 514 g/mol. The summed E-state index contributed by atoms with van der Waals surface area (Å²) in [4.78, 5) is 57.7. The van der Waals surface area contributed by atoms with E-state index < -0.39 is 34.3 Å². The molecule has 10 nitrogen and oxygen atoms in total. The summed E-state index contributed by atoms with van der Waals surface area (Å²) in [5.74, 6) is -1.40. The number of nitrogens with zero attached hydrogens (tertiary/aromatic N) is 1. The van der Waals surface area contributed by atoms with Crippen molar-refractivity contribution in [3.63, 3.8) is 0 Å². The van der Waals surface area contributed by atoms with E-state index in [2.05, 4.69) is 25.6 Å². The minimum absolute atomic E-state index is 0.0977. The number of rotatable bonds is 6. The lowest BCUT2D eigenvalue weighted by molar-refractivity contribution is -0.122. The van der Waals surface area contributed by atoms with Crippen molar-refractivity contribution in [2.75, 3.05) is 5.32 Å². The molecule has 180 valence electrons. The highest BCUT2D eigenvalue weighted by Crippen LogP contribution is 2.32. The molecule has 5 N–H and O–H groups in total. The second-order valence-electron chi connectivity index (χ2n) is 7.77. The molecule has 0 spiro atoms. The fraction of sp³-hybridized carbons (Fsp3) is 0.174. The lowest BCUT2D eigenvalue weighted by atomic mass is 10.0. The molecular formula is C23H20ClN5O5S. The smallest absolute Gasteiger partial charge is 0.328 e. The van der Waals surface area contributed by atoms with Gasteiger partial charge in [0.25, 0.3) is 5.56 Å². The van der Waals surface area contributed by atoms with Gasteiger partial charge in [-0.25, -0.2) is 9.79 Å². The number of H-pyrrole nitrogens is 2. The Hall–Kier alpha value is -3.83. The van der Waals surface area contributed by atoms with Crippen LogP contribution in [0.15, 0.2) is 63.1 Å². The van der Waals surface area contributed by atoms with E-state index in [9.17, 15) is 24.3 Å². The van der Waals surface area contributed by atoms with Gasteiger partial charge in [-0.2, -0.15) is 0 Å². The third-order valence-electron chi connectivity index (χ3n) is 5.15. The highest BCUT2D eigenvalue weighted by Gasteiger charge is 2.33. The van der Waals surface area contributed by atoms with Crippen LogP contribution in [0.1, 0.15) is 29.2 Å². The van der Waals surface area contributed by atoms with E-state index in [0.717, 1.165) is 17.3 Å². The molecule has 35 heavy (non-hydrogen) atoms. The van der Waals surface area contributed by atoms with E-state index in [-0.39, 0.29) is 23.1 Å². The van der Waals surface area contributed by atoms with Gasteiger partial charge in [0.15, 0.2) is 5.17 Å². The lowest BCUT2D eigenvalue weighted by Gasteiger charge is -2.14. The molecule has 1 fully saturated rings. The van der Waals surface area contributed by atoms with Crippen molar-refractivity contribution in [3.05, 3.63) is 91.1 Å². The van der Waals surface area contributed by atoms with Gasteiger partial charge in [-0.3, -0.25) is 24.4 Å². The van der Waals surface area contributed by atoms with Crippen LogP contribution in [0, 0.1) is 6.92 Å². The maximum absolute atomic E-state index is 12.5. The van der Waals surface area contributed by atoms with Gasteiger partial charge in [0.05, 0.1) is 0 Å². The van der Waals surface area contributed by atoms with Crippen molar-refractivity contribution in [2.45, 2.75) is 24.6 Å². The fourth-order valence-electron chi connectivity index (χ4n) is 3.42. The summed E-state index contributed by atoms with van der Waals surface area (Å²) in [5.41, 5.74) is 0.228. The summed E-state index contributed by atoms with van der Waals surface area (Å²) >= 11 is 7.00. The van der Waals surface area contributed by atoms with Crippen molar-refractivity contribution >= 4 is 46.0 Å². The molecule has 4 rings (SSSR count). The number of thioether (sulfide) groups is 1. The highest BCUT2D eigenvalue weighted by atomic mass is 35.5. The van der Waals surface area contributed by atoms with Gasteiger partial charge in [0.1, 0.15) is 16.9 Å². The summed E-state index contributed by atoms with van der Waals surface area (Å²) in [6, 6.07) is 12.6. The number of aryl methyl sites for hydroxylation is 1. The third kappa shape index (κ3) is 5.81. The summed E-state index contributed by atoms with van der Waals surface area (Å²) < 4.78 is 0. The van der Waals surface area contributed by atoms with Crippen molar-refractivity contribution < 1.29 is 14.7 Å². The fourth-order valence-corrected chi connectivity index (χ4v) is 4.55. The lowest BCUT2D eigenvalue weighted by Crippen LogP contribution is -2.29. The number of carbonyl (C=O) groups is 2. The second-order valence-corrected chi connectivity index (χ2v) is 9.40. The van der Waals surface area contributed by atoms with Crippen LogP contribution >= 0.6 is 23.4 Å². The number of halogens is 1. The number of aliphatic imine (C=N–C) groups is 1. The van der Waals surface area contributed by atoms with Crippen LogP contribution < -0.4 is 21.9 Å². The van der Waals surface area contributed by atoms with E-state index in [1.165, 1.54) is 0 Å². The number of hydrogen-bond donors (Lipinski definition) is 5. The van der Waals surface area contributed by atoms with E-state index in [1.807, 2.05) is 19.1 Å². The molecule has 1 aliphatic rings. The van der Waals surface area contributed by atoms with Crippen LogP contribution in [-0.2, 0) is 9.59 Å². The molecule has 1 aromatic heterocycles. The molecule has 2 unspecified atom stereocenters. The Labute approximate surface area is 207 Å². The first-order chi connectivity index (χ1) is 16.7. The monoisotopic (exact) mass is 513 g/mol. The zero-order valence-electron chi connectivity index (χ0n) is 18.3. The number of aromatic amines is 2. The zero-order valence-corrected chi connectivity index (χ0v) is 19.9. The molecule has 0 aliphatic carbocycles. The first-order valence-electron chi connectivity index (χ1n) is 10.4. The van der Waals surface area contributed by atoms with Gasteiger partial charge in [-0.15, -0.1) is 0 Å². The summed E-state index contributed by atoms with van der Waals surface area (Å²) in [6.07, 6.45) is -0.0977. The van der Waals surface area contributed by atoms with E-state index in [1.54, 1.807) is 36.4 Å². The van der Waals surface area contributed by atoms with Crippen molar-refractivity contribution in [1.29, 1.82) is 0 Å². The van der Waals surface area contributed by atoms with Gasteiger partial charge in [0.2, 0.25) is 17.7 Å². The number of nitrogens with one attached hydrogen (secondary N) is 4. The molecule has 0 saturated carbocycles. The van der Waals surface area contributed by atoms with Crippen molar-refractivity contribution in [1.82, 2.24) is 15.3 Å². The number of carbonyl (C=O) groups excluding carboxylic acids is 2. The number of benzene rings is 2. The Balaban J connectivity index is 1.58. The van der Waals surface area contributed by atoms with Gasteiger partial charge < -0.3 is 15.7 Å². The van der Waals surface area contributed by atoms with Crippen molar-refractivity contribution in [3.8, 4) is 5.88 Å². The molecule has 2 heterocycles. The molecule has 12 heteroatoms. The number of anilines is 1. The molecular weight excluding hydrogens is 494 g/mol. The summed E-state index contributed by atoms with van der Waals surface area (Å²) in [6.45, 7) is 1.93. The SMILES string of the molecule is Cc1ccc(NC(=O)CC2SC(=NC(c3ccc(Cl)cc3)c3c(O)[nH]c(=O)[nH]c3=O)NC2=O)cc1. The quantitative estimate of drug-likeness (QED) is 0.341. The predicted octanol–water partition coefficient (Wildman–Crippen LogP) is 2.44. The van der Waals surface area contributed by atoms with Crippen LogP contribution in [0.5, 0.6) is 5.88 Å². The van der Waals surface area contributed by atoms with Crippen LogP contribution in [0.2, 0.25) is 5.02 Å². The molecule has 3 aromatic rings. The zero-order chi connectivity index (χ0) is 25.1. The number of aromatic hydroxyl groups is 1. The normalized spacial score (nSPS) is 17.3. The van der Waals surface area contributed by atoms with Gasteiger partial charge >= 0.3 is 5.69 Å². The van der Waals surface area contributed by atoms with Crippen LogP contribution in [0.3, 0.4) is 0 Å². The van der Waals surface area contributed by atoms with Crippen LogP contribution in [-0.4, -0.2) is 37.3 Å². The second kappa shape index (κ2) is 10.2. The topological polar surface area (TPSA) is 157 Å². The van der Waals surface area contributed by atoms with Crippen molar-refractivity contribution in [2.24, 2.45) is 4.99 Å². The Bertz CT molecular complexity index is 1420. The molecule has 1 saturated heterocycles. The first-order valence-corrected chi connectivity index (χ1v) is 11.7. The minimum atomic E-state index is -1.07. The summed E-state index contributed by atoms with van der Waals surface area (Å²) in [7, 11) is 0. The highest BCUT2D eigenvalue weighted by molar-refractivity contribution is 8.15. The molecule has 0 radical (unpaired) electrons. The van der Waals surface area contributed by atoms with Gasteiger partial charge in [0, 0.05) is 17.1 Å². The third-order valence-corrected chi connectivity index (χ3v) is 6.49. The molecule has 2 amide bonds.